The molecule has 0 bridgehead atoms. The zero-order chi connectivity index (χ0) is 26.7. The lowest BCUT2D eigenvalue weighted by atomic mass is 10.2. The number of nitrogens with zero attached hydrogens (tertiary/aromatic N) is 4. The van der Waals surface area contributed by atoms with E-state index in [0.29, 0.717) is 39.6 Å². The molecule has 204 valence electrons. The van der Waals surface area contributed by atoms with Crippen LogP contribution in [0.2, 0.25) is 0 Å². The second kappa shape index (κ2) is 18.3. The highest BCUT2D eigenvalue weighted by molar-refractivity contribution is 5.85. The Morgan fingerprint density at radius 1 is 0.889 bits per heavy atom. The standard InChI is InChI=1S/C21H36N6O9/c1-21(2,3)36-20(31)25-16(14-17-26-23-15-24-27-17)19(30)22-5-7-33-9-11-35-13-12-34-10-8-32-6-4-18(28)29/h15-16H,4-14H2,1-3H3,(H,22,30)(H,25,31)(H,28,29)/t16-/m0/s1. The van der Waals surface area contributed by atoms with Crippen LogP contribution in [0.15, 0.2) is 6.33 Å². The Hall–Kier alpha value is -3.01. The lowest BCUT2D eigenvalue weighted by molar-refractivity contribution is -0.138. The van der Waals surface area contributed by atoms with Crippen molar-refractivity contribution >= 4 is 18.0 Å². The summed E-state index contributed by atoms with van der Waals surface area (Å²) in [6.45, 7) is 7.85. The van der Waals surface area contributed by atoms with Gasteiger partial charge in [0.2, 0.25) is 5.91 Å². The average Bonchev–Trinajstić information content (AvgIpc) is 2.80. The maximum absolute atomic E-state index is 12.6. The van der Waals surface area contributed by atoms with Crippen LogP contribution in [0.1, 0.15) is 33.0 Å². The first-order valence-electron chi connectivity index (χ1n) is 11.5. The number of nitrogens with one attached hydrogen (secondary N) is 2. The molecule has 1 heterocycles. The van der Waals surface area contributed by atoms with Crippen LogP contribution in [-0.4, -0.2) is 115 Å². The van der Waals surface area contributed by atoms with Crippen molar-refractivity contribution in [1.82, 2.24) is 31.0 Å². The molecule has 15 heteroatoms. The summed E-state index contributed by atoms with van der Waals surface area (Å²) < 4.78 is 26.4. The van der Waals surface area contributed by atoms with Gasteiger partial charge >= 0.3 is 12.1 Å². The molecule has 36 heavy (non-hydrogen) atoms. The summed E-state index contributed by atoms with van der Waals surface area (Å²) in [4.78, 5) is 35.0. The molecule has 1 aromatic heterocycles. The summed E-state index contributed by atoms with van der Waals surface area (Å²) >= 11 is 0. The van der Waals surface area contributed by atoms with E-state index in [1.165, 1.54) is 0 Å². The van der Waals surface area contributed by atoms with Gasteiger partial charge in [0, 0.05) is 13.0 Å². The SMILES string of the molecule is CC(C)(C)OC(=O)N[C@@H](Cc1nncnn1)C(=O)NCCOCCOCCOCCOCCC(=O)O. The summed E-state index contributed by atoms with van der Waals surface area (Å²) in [7, 11) is 0. The molecule has 0 aliphatic rings. The number of amides is 2. The van der Waals surface area contributed by atoms with Crippen molar-refractivity contribution in [3.63, 3.8) is 0 Å². The van der Waals surface area contributed by atoms with E-state index in [2.05, 4.69) is 31.0 Å². The van der Waals surface area contributed by atoms with Gasteiger partial charge in [-0.05, 0) is 20.8 Å². The first kappa shape index (κ1) is 31.0. The number of rotatable bonds is 19. The minimum atomic E-state index is -0.989. The third kappa shape index (κ3) is 17.4. The quantitative estimate of drug-likeness (QED) is 0.197. The van der Waals surface area contributed by atoms with Crippen LogP contribution in [0.3, 0.4) is 0 Å². The second-order valence-corrected chi connectivity index (χ2v) is 8.25. The average molecular weight is 517 g/mol. The van der Waals surface area contributed by atoms with Crippen LogP contribution in [0.5, 0.6) is 0 Å². The normalized spacial score (nSPS) is 12.1. The van der Waals surface area contributed by atoms with Gasteiger partial charge in [-0.1, -0.05) is 0 Å². The summed E-state index contributed by atoms with van der Waals surface area (Å²) in [5.41, 5.74) is -0.725. The van der Waals surface area contributed by atoms with E-state index >= 15 is 0 Å². The van der Waals surface area contributed by atoms with Gasteiger partial charge in [-0.25, -0.2) is 4.79 Å². The molecule has 0 fully saturated rings. The molecule has 0 aliphatic carbocycles. The first-order chi connectivity index (χ1) is 17.2. The van der Waals surface area contributed by atoms with Gasteiger partial charge in [-0.2, -0.15) is 0 Å². The van der Waals surface area contributed by atoms with Crippen molar-refractivity contribution in [2.45, 2.75) is 45.3 Å². The fourth-order valence-electron chi connectivity index (χ4n) is 2.44. The highest BCUT2D eigenvalue weighted by Crippen LogP contribution is 2.07. The molecule has 0 aliphatic heterocycles. The lowest BCUT2D eigenvalue weighted by Gasteiger charge is -2.23. The van der Waals surface area contributed by atoms with Crippen molar-refractivity contribution < 1.29 is 43.2 Å². The van der Waals surface area contributed by atoms with Crippen molar-refractivity contribution in [3.8, 4) is 0 Å². The second-order valence-electron chi connectivity index (χ2n) is 8.25. The molecule has 0 spiro atoms. The van der Waals surface area contributed by atoms with E-state index < -0.39 is 29.6 Å². The molecule has 0 saturated carbocycles. The zero-order valence-electron chi connectivity index (χ0n) is 20.9. The summed E-state index contributed by atoms with van der Waals surface area (Å²) in [5, 5.41) is 28.5. The fourth-order valence-corrected chi connectivity index (χ4v) is 2.44. The molecule has 0 unspecified atom stereocenters. The maximum atomic E-state index is 12.6. The molecule has 1 rings (SSSR count). The van der Waals surface area contributed by atoms with Gasteiger partial charge in [-0.15, -0.1) is 20.4 Å². The molecule has 1 atom stereocenters. The third-order valence-corrected chi connectivity index (χ3v) is 3.97. The van der Waals surface area contributed by atoms with E-state index in [9.17, 15) is 14.4 Å². The van der Waals surface area contributed by atoms with Crippen LogP contribution in [0, 0.1) is 0 Å². The van der Waals surface area contributed by atoms with Gasteiger partial charge < -0.3 is 39.4 Å². The number of carboxylic acids is 1. The molecule has 1 aromatic rings. The fraction of sp³-hybridized carbons (Fsp3) is 0.762. The van der Waals surface area contributed by atoms with Crippen LogP contribution in [0.25, 0.3) is 0 Å². The van der Waals surface area contributed by atoms with E-state index in [1.54, 1.807) is 20.8 Å². The minimum absolute atomic E-state index is 0.0167. The minimum Gasteiger partial charge on any atom is -0.481 e. The van der Waals surface area contributed by atoms with Crippen molar-refractivity contribution in [1.29, 1.82) is 0 Å². The smallest absolute Gasteiger partial charge is 0.408 e. The van der Waals surface area contributed by atoms with Crippen LogP contribution in [0.4, 0.5) is 4.79 Å². The molecule has 0 saturated heterocycles. The summed E-state index contributed by atoms with van der Waals surface area (Å²) in [6.07, 6.45) is 0.366. The number of ether oxygens (including phenoxy) is 5. The Labute approximate surface area is 209 Å². The van der Waals surface area contributed by atoms with Crippen LogP contribution in [-0.2, 0) is 39.7 Å². The van der Waals surface area contributed by atoms with E-state index in [-0.39, 0.29) is 38.4 Å². The topological polar surface area (TPSA) is 193 Å². The summed E-state index contributed by atoms with van der Waals surface area (Å²) in [6, 6.07) is -0.989. The molecule has 0 radical (unpaired) electrons. The number of hydrogen-bond donors (Lipinski definition) is 3. The van der Waals surface area contributed by atoms with Gasteiger partial charge in [0.25, 0.3) is 0 Å². The van der Waals surface area contributed by atoms with Gasteiger partial charge in [0.05, 0.1) is 59.3 Å². The highest BCUT2D eigenvalue weighted by atomic mass is 16.6. The van der Waals surface area contributed by atoms with Gasteiger partial charge in [-0.3, -0.25) is 9.59 Å². The maximum Gasteiger partial charge on any atom is 0.408 e. The summed E-state index contributed by atoms with van der Waals surface area (Å²) in [5.74, 6) is -1.17. The van der Waals surface area contributed by atoms with Crippen molar-refractivity contribution in [3.05, 3.63) is 12.2 Å². The van der Waals surface area contributed by atoms with Gasteiger partial charge in [0.15, 0.2) is 12.2 Å². The predicted molar refractivity (Wildman–Crippen MR) is 123 cm³/mol. The Morgan fingerprint density at radius 2 is 1.42 bits per heavy atom. The number of alkyl carbamates (subject to hydrolysis) is 1. The molecular formula is C21H36N6O9. The van der Waals surface area contributed by atoms with E-state index in [4.69, 9.17) is 28.8 Å². The predicted octanol–water partition coefficient (Wildman–Crippen LogP) is -0.640. The Bertz CT molecular complexity index is 764. The van der Waals surface area contributed by atoms with E-state index in [0.717, 1.165) is 6.33 Å². The lowest BCUT2D eigenvalue weighted by Crippen LogP contribution is -2.50. The largest absolute Gasteiger partial charge is 0.481 e. The van der Waals surface area contributed by atoms with Gasteiger partial charge in [0.1, 0.15) is 11.6 Å². The molecule has 15 nitrogen and oxygen atoms in total. The Balaban J connectivity index is 2.16. The Kier molecular flexibility index (Phi) is 15.8. The molecule has 0 aromatic carbocycles. The first-order valence-corrected chi connectivity index (χ1v) is 11.5. The van der Waals surface area contributed by atoms with Crippen LogP contribution < -0.4 is 10.6 Å². The van der Waals surface area contributed by atoms with Crippen LogP contribution >= 0.6 is 0 Å². The number of carbonyl (C=O) groups excluding carboxylic acids is 2. The Morgan fingerprint density at radius 3 is 1.94 bits per heavy atom. The molecule has 2 amide bonds. The van der Waals surface area contributed by atoms with Crippen molar-refractivity contribution in [2.75, 3.05) is 59.4 Å². The molecule has 3 N–H and O–H groups in total. The van der Waals surface area contributed by atoms with Crippen molar-refractivity contribution in [2.24, 2.45) is 0 Å². The zero-order valence-corrected chi connectivity index (χ0v) is 20.9. The molecular weight excluding hydrogens is 480 g/mol. The number of carboxylic acid groups (broad SMARTS) is 1. The highest BCUT2D eigenvalue weighted by Gasteiger charge is 2.25. The third-order valence-electron chi connectivity index (χ3n) is 3.97. The van der Waals surface area contributed by atoms with E-state index in [1.807, 2.05) is 0 Å². The number of hydrogen-bond acceptors (Lipinski definition) is 12. The number of aromatic nitrogens is 4. The monoisotopic (exact) mass is 516 g/mol. The number of aliphatic carboxylic acids is 1. The number of carbonyl (C=O) groups is 3.